The number of rotatable bonds is 5. The zero-order chi connectivity index (χ0) is 14.4. The van der Waals surface area contributed by atoms with E-state index in [1.165, 1.54) is 4.90 Å². The highest BCUT2D eigenvalue weighted by atomic mass is 16.5. The molecule has 1 aromatic rings. The van der Waals surface area contributed by atoms with Crippen molar-refractivity contribution in [2.75, 3.05) is 28.3 Å². The molecular weight excluding hydrogens is 244 g/mol. The van der Waals surface area contributed by atoms with Crippen molar-refractivity contribution in [1.82, 2.24) is 4.90 Å². The van der Waals surface area contributed by atoms with Gasteiger partial charge in [-0.1, -0.05) is 6.07 Å². The van der Waals surface area contributed by atoms with Gasteiger partial charge in [-0.05, 0) is 24.1 Å². The number of benzene rings is 1. The van der Waals surface area contributed by atoms with Gasteiger partial charge in [-0.2, -0.15) is 5.26 Å². The second kappa shape index (κ2) is 6.64. The van der Waals surface area contributed by atoms with Crippen LogP contribution in [-0.4, -0.2) is 39.1 Å². The summed E-state index contributed by atoms with van der Waals surface area (Å²) in [6.07, 6.45) is 0.355. The van der Waals surface area contributed by atoms with Gasteiger partial charge in [0.1, 0.15) is 5.92 Å². The largest absolute Gasteiger partial charge is 0.493 e. The van der Waals surface area contributed by atoms with E-state index in [-0.39, 0.29) is 5.91 Å². The molecule has 0 heterocycles. The fourth-order valence-corrected chi connectivity index (χ4v) is 1.74. The number of ether oxygens (including phenoxy) is 2. The lowest BCUT2D eigenvalue weighted by atomic mass is 9.99. The fraction of sp³-hybridized carbons (Fsp3) is 0.429. The maximum Gasteiger partial charge on any atom is 0.239 e. The lowest BCUT2D eigenvalue weighted by Crippen LogP contribution is -2.30. The van der Waals surface area contributed by atoms with E-state index in [1.807, 2.05) is 12.1 Å². The monoisotopic (exact) mass is 262 g/mol. The third-order valence-corrected chi connectivity index (χ3v) is 2.78. The van der Waals surface area contributed by atoms with Crippen LogP contribution in [0.5, 0.6) is 11.5 Å². The first kappa shape index (κ1) is 14.8. The van der Waals surface area contributed by atoms with Gasteiger partial charge in [0.25, 0.3) is 0 Å². The molecule has 102 valence electrons. The van der Waals surface area contributed by atoms with Gasteiger partial charge in [-0.15, -0.1) is 0 Å². The van der Waals surface area contributed by atoms with Crippen LogP contribution in [0.25, 0.3) is 0 Å². The molecule has 0 N–H and O–H groups in total. The van der Waals surface area contributed by atoms with Crippen molar-refractivity contribution in [2.24, 2.45) is 5.92 Å². The molecule has 1 amide bonds. The smallest absolute Gasteiger partial charge is 0.239 e. The summed E-state index contributed by atoms with van der Waals surface area (Å²) >= 11 is 0. The third kappa shape index (κ3) is 3.62. The number of nitrogens with zero attached hydrogens (tertiary/aromatic N) is 2. The van der Waals surface area contributed by atoms with E-state index in [2.05, 4.69) is 0 Å². The Morgan fingerprint density at radius 2 is 1.95 bits per heavy atom. The highest BCUT2D eigenvalue weighted by Crippen LogP contribution is 2.28. The quantitative estimate of drug-likeness (QED) is 0.806. The first-order valence-corrected chi connectivity index (χ1v) is 5.85. The van der Waals surface area contributed by atoms with Crippen molar-refractivity contribution in [3.63, 3.8) is 0 Å². The second-order valence-corrected chi connectivity index (χ2v) is 4.31. The van der Waals surface area contributed by atoms with Gasteiger partial charge in [0.05, 0.1) is 20.3 Å². The predicted octanol–water partition coefficient (Wildman–Crippen LogP) is 1.47. The molecule has 0 saturated carbocycles. The zero-order valence-electron chi connectivity index (χ0n) is 11.6. The number of methoxy groups -OCH3 is 2. The molecule has 19 heavy (non-hydrogen) atoms. The Kier molecular flexibility index (Phi) is 5.19. The van der Waals surface area contributed by atoms with Gasteiger partial charge in [0, 0.05) is 14.1 Å². The van der Waals surface area contributed by atoms with Gasteiger partial charge < -0.3 is 14.4 Å². The molecule has 0 aliphatic carbocycles. The van der Waals surface area contributed by atoms with Crippen molar-refractivity contribution in [3.05, 3.63) is 23.8 Å². The van der Waals surface area contributed by atoms with E-state index in [0.29, 0.717) is 17.9 Å². The summed E-state index contributed by atoms with van der Waals surface area (Å²) in [6.45, 7) is 0. The van der Waals surface area contributed by atoms with Crippen LogP contribution in [0.3, 0.4) is 0 Å². The van der Waals surface area contributed by atoms with E-state index >= 15 is 0 Å². The number of hydrogen-bond donors (Lipinski definition) is 0. The Morgan fingerprint density at radius 1 is 1.32 bits per heavy atom. The second-order valence-electron chi connectivity index (χ2n) is 4.31. The minimum Gasteiger partial charge on any atom is -0.493 e. The lowest BCUT2D eigenvalue weighted by molar-refractivity contribution is -0.131. The van der Waals surface area contributed by atoms with Crippen molar-refractivity contribution in [1.29, 1.82) is 5.26 Å². The van der Waals surface area contributed by atoms with Crippen LogP contribution in [0.4, 0.5) is 0 Å². The van der Waals surface area contributed by atoms with E-state index in [4.69, 9.17) is 14.7 Å². The van der Waals surface area contributed by atoms with Crippen molar-refractivity contribution < 1.29 is 14.3 Å². The van der Waals surface area contributed by atoms with Crippen LogP contribution in [0.2, 0.25) is 0 Å². The lowest BCUT2D eigenvalue weighted by Gasteiger charge is -2.15. The van der Waals surface area contributed by atoms with Crippen LogP contribution in [0.15, 0.2) is 18.2 Å². The van der Waals surface area contributed by atoms with Crippen molar-refractivity contribution in [3.8, 4) is 17.6 Å². The number of hydrogen-bond acceptors (Lipinski definition) is 4. The van der Waals surface area contributed by atoms with Crippen LogP contribution >= 0.6 is 0 Å². The molecule has 5 heteroatoms. The highest BCUT2D eigenvalue weighted by molar-refractivity contribution is 5.81. The third-order valence-electron chi connectivity index (χ3n) is 2.78. The molecular formula is C14H18N2O3. The Hall–Kier alpha value is -2.22. The molecule has 0 aliphatic heterocycles. The maximum absolute atomic E-state index is 11.8. The first-order valence-electron chi connectivity index (χ1n) is 5.85. The van der Waals surface area contributed by atoms with Crippen molar-refractivity contribution >= 4 is 5.91 Å². The normalized spacial score (nSPS) is 11.3. The molecule has 1 rings (SSSR count). The van der Waals surface area contributed by atoms with Crippen LogP contribution < -0.4 is 9.47 Å². The fourth-order valence-electron chi connectivity index (χ4n) is 1.74. The van der Waals surface area contributed by atoms with E-state index in [1.54, 1.807) is 40.4 Å². The number of carbonyl (C=O) groups excluding carboxylic acids is 1. The molecule has 1 atom stereocenters. The van der Waals surface area contributed by atoms with E-state index in [0.717, 1.165) is 5.56 Å². The summed E-state index contributed by atoms with van der Waals surface area (Å²) < 4.78 is 10.3. The Labute approximate surface area is 113 Å². The van der Waals surface area contributed by atoms with E-state index in [9.17, 15) is 4.79 Å². The first-order chi connectivity index (χ1) is 9.03. The molecule has 0 fully saturated rings. The average molecular weight is 262 g/mol. The van der Waals surface area contributed by atoms with Crippen LogP contribution in [-0.2, 0) is 11.2 Å². The summed E-state index contributed by atoms with van der Waals surface area (Å²) in [5.74, 6) is 0.332. The average Bonchev–Trinajstić information content (AvgIpc) is 2.43. The minimum atomic E-state index is -0.687. The Bertz CT molecular complexity index is 492. The molecule has 1 unspecified atom stereocenters. The summed E-state index contributed by atoms with van der Waals surface area (Å²) in [6, 6.07) is 7.41. The van der Waals surface area contributed by atoms with Gasteiger partial charge in [-0.3, -0.25) is 4.79 Å². The summed E-state index contributed by atoms with van der Waals surface area (Å²) in [7, 11) is 6.39. The molecule has 5 nitrogen and oxygen atoms in total. The maximum atomic E-state index is 11.8. The molecule has 0 radical (unpaired) electrons. The Morgan fingerprint density at radius 3 is 2.42 bits per heavy atom. The zero-order valence-corrected chi connectivity index (χ0v) is 11.6. The SMILES string of the molecule is COc1ccc(CC(C#N)C(=O)N(C)C)cc1OC. The van der Waals surface area contributed by atoms with Gasteiger partial charge in [0.15, 0.2) is 11.5 Å². The molecule has 1 aromatic carbocycles. The number of amides is 1. The van der Waals surface area contributed by atoms with Gasteiger partial charge in [0.2, 0.25) is 5.91 Å². The van der Waals surface area contributed by atoms with Crippen molar-refractivity contribution in [2.45, 2.75) is 6.42 Å². The van der Waals surface area contributed by atoms with Crippen LogP contribution in [0, 0.1) is 17.2 Å². The molecule has 0 aromatic heterocycles. The highest BCUT2D eigenvalue weighted by Gasteiger charge is 2.20. The van der Waals surface area contributed by atoms with Gasteiger partial charge in [-0.25, -0.2) is 0 Å². The minimum absolute atomic E-state index is 0.197. The number of nitriles is 1. The summed E-state index contributed by atoms with van der Waals surface area (Å²) in [5.41, 5.74) is 0.861. The number of carbonyl (C=O) groups is 1. The summed E-state index contributed by atoms with van der Waals surface area (Å²) in [4.78, 5) is 13.2. The topological polar surface area (TPSA) is 62.6 Å². The Balaban J connectivity index is 2.93. The standard InChI is InChI=1S/C14H18N2O3/c1-16(2)14(17)11(9-15)7-10-5-6-12(18-3)13(8-10)19-4/h5-6,8,11H,7H2,1-4H3. The summed E-state index contributed by atoms with van der Waals surface area (Å²) in [5, 5.41) is 9.08. The molecule has 0 spiro atoms. The molecule has 0 bridgehead atoms. The predicted molar refractivity (Wildman–Crippen MR) is 71.0 cm³/mol. The molecule has 0 aliphatic rings. The van der Waals surface area contributed by atoms with E-state index < -0.39 is 5.92 Å². The van der Waals surface area contributed by atoms with Gasteiger partial charge >= 0.3 is 0 Å². The van der Waals surface area contributed by atoms with Crippen LogP contribution in [0.1, 0.15) is 5.56 Å². The molecule has 0 saturated heterocycles.